The highest BCUT2D eigenvalue weighted by Gasteiger charge is 2.12. The van der Waals surface area contributed by atoms with Gasteiger partial charge in [-0.3, -0.25) is 0 Å². The van der Waals surface area contributed by atoms with Crippen molar-refractivity contribution in [3.63, 3.8) is 0 Å². The van der Waals surface area contributed by atoms with Gasteiger partial charge in [-0.25, -0.2) is 4.79 Å². The molecule has 1 amide bonds. The van der Waals surface area contributed by atoms with Crippen molar-refractivity contribution in [2.75, 3.05) is 13.2 Å². The van der Waals surface area contributed by atoms with Crippen LogP contribution in [0.3, 0.4) is 0 Å². The molecule has 0 aliphatic heterocycles. The van der Waals surface area contributed by atoms with Crippen molar-refractivity contribution in [2.45, 2.75) is 13.0 Å². The molecule has 0 aliphatic rings. The zero-order valence-electron chi connectivity index (χ0n) is 10.8. The van der Waals surface area contributed by atoms with Gasteiger partial charge >= 0.3 is 6.09 Å². The Morgan fingerprint density at radius 1 is 1.26 bits per heavy atom. The Kier molecular flexibility index (Phi) is 4.36. The lowest BCUT2D eigenvalue weighted by Crippen LogP contribution is -2.28. The van der Waals surface area contributed by atoms with Crippen LogP contribution in [-0.2, 0) is 4.74 Å². The molecule has 2 aromatic carbocycles. The maximum absolute atomic E-state index is 11.5. The van der Waals surface area contributed by atoms with Crippen molar-refractivity contribution in [1.29, 1.82) is 0 Å². The number of aliphatic hydroxyl groups excluding tert-OH is 1. The summed E-state index contributed by atoms with van der Waals surface area (Å²) in [4.78, 5) is 11.5. The zero-order valence-corrected chi connectivity index (χ0v) is 10.8. The lowest BCUT2D eigenvalue weighted by atomic mass is 10.00. The maximum Gasteiger partial charge on any atom is 0.407 e. The molecular formula is C15H17NO3. The minimum absolute atomic E-state index is 0.00803. The minimum atomic E-state index is -0.519. The Morgan fingerprint density at radius 3 is 2.79 bits per heavy atom. The van der Waals surface area contributed by atoms with E-state index >= 15 is 0 Å². The molecule has 0 radical (unpaired) electrons. The third-order valence-corrected chi connectivity index (χ3v) is 2.95. The number of carbonyl (C=O) groups excluding carboxylic acids is 1. The van der Waals surface area contributed by atoms with Gasteiger partial charge in [-0.15, -0.1) is 0 Å². The van der Waals surface area contributed by atoms with Gasteiger partial charge in [0.15, 0.2) is 0 Å². The summed E-state index contributed by atoms with van der Waals surface area (Å²) in [7, 11) is 0. The highest BCUT2D eigenvalue weighted by Crippen LogP contribution is 2.23. The molecule has 0 saturated heterocycles. The van der Waals surface area contributed by atoms with Gasteiger partial charge in [0, 0.05) is 0 Å². The second-order valence-electron chi connectivity index (χ2n) is 4.29. The molecule has 0 spiro atoms. The number of nitrogens with one attached hydrogen (secondary N) is 1. The summed E-state index contributed by atoms with van der Waals surface area (Å²) in [5, 5.41) is 13.6. The van der Waals surface area contributed by atoms with Crippen molar-refractivity contribution < 1.29 is 14.6 Å². The van der Waals surface area contributed by atoms with E-state index in [0.717, 1.165) is 16.3 Å². The number of aliphatic hydroxyl groups is 1. The monoisotopic (exact) mass is 259 g/mol. The van der Waals surface area contributed by atoms with Crippen LogP contribution in [0.1, 0.15) is 18.5 Å². The normalized spacial score (nSPS) is 12.1. The van der Waals surface area contributed by atoms with Crippen molar-refractivity contribution in [3.05, 3.63) is 48.0 Å². The quantitative estimate of drug-likeness (QED) is 0.887. The van der Waals surface area contributed by atoms with Gasteiger partial charge in [-0.05, 0) is 23.3 Å². The molecule has 1 atom stereocenters. The van der Waals surface area contributed by atoms with Gasteiger partial charge in [0.2, 0.25) is 0 Å². The smallest absolute Gasteiger partial charge is 0.407 e. The molecule has 0 aliphatic carbocycles. The maximum atomic E-state index is 11.5. The predicted octanol–water partition coefficient (Wildman–Crippen LogP) is 2.62. The van der Waals surface area contributed by atoms with Gasteiger partial charge < -0.3 is 15.2 Å². The second-order valence-corrected chi connectivity index (χ2v) is 4.29. The zero-order chi connectivity index (χ0) is 13.7. The molecule has 4 heteroatoms. The number of hydrogen-bond acceptors (Lipinski definition) is 3. The molecule has 0 heterocycles. The molecule has 19 heavy (non-hydrogen) atoms. The third-order valence-electron chi connectivity index (χ3n) is 2.95. The number of fused-ring (bicyclic) bond motifs is 1. The predicted molar refractivity (Wildman–Crippen MR) is 73.9 cm³/mol. The average Bonchev–Trinajstić information content (AvgIpc) is 2.44. The van der Waals surface area contributed by atoms with E-state index < -0.39 is 6.09 Å². The summed E-state index contributed by atoms with van der Waals surface area (Å²) < 4.78 is 4.80. The summed E-state index contributed by atoms with van der Waals surface area (Å²) in [6, 6.07) is 13.9. The Labute approximate surface area is 112 Å². The molecule has 100 valence electrons. The Hall–Kier alpha value is -2.07. The van der Waals surface area contributed by atoms with Crippen molar-refractivity contribution in [2.24, 2.45) is 0 Å². The lowest BCUT2D eigenvalue weighted by molar-refractivity contribution is 0.117. The SMILES string of the molecule is CC(NC(=O)OCCO)c1cccc2ccccc12. The summed E-state index contributed by atoms with van der Waals surface area (Å²) in [6.45, 7) is 1.74. The van der Waals surface area contributed by atoms with Crippen molar-refractivity contribution in [1.82, 2.24) is 5.32 Å². The first kappa shape index (κ1) is 13.4. The number of ether oxygens (including phenoxy) is 1. The van der Waals surface area contributed by atoms with Crippen molar-refractivity contribution in [3.8, 4) is 0 Å². The average molecular weight is 259 g/mol. The molecule has 0 saturated carbocycles. The number of carbonyl (C=O) groups is 1. The minimum Gasteiger partial charge on any atom is -0.447 e. The molecule has 0 fully saturated rings. The molecule has 0 aromatic heterocycles. The van der Waals surface area contributed by atoms with Crippen LogP contribution >= 0.6 is 0 Å². The van der Waals surface area contributed by atoms with E-state index in [1.54, 1.807) is 0 Å². The first-order chi connectivity index (χ1) is 9.22. The van der Waals surface area contributed by atoms with E-state index in [1.165, 1.54) is 0 Å². The van der Waals surface area contributed by atoms with Crippen LogP contribution < -0.4 is 5.32 Å². The van der Waals surface area contributed by atoms with E-state index in [2.05, 4.69) is 5.32 Å². The van der Waals surface area contributed by atoms with Gasteiger partial charge in [0.25, 0.3) is 0 Å². The molecule has 4 nitrogen and oxygen atoms in total. The summed E-state index contributed by atoms with van der Waals surface area (Å²) in [5.41, 5.74) is 1.04. The molecule has 2 aromatic rings. The molecule has 0 bridgehead atoms. The van der Waals surface area contributed by atoms with Crippen LogP contribution in [0, 0.1) is 0 Å². The van der Waals surface area contributed by atoms with E-state index in [1.807, 2.05) is 49.4 Å². The summed E-state index contributed by atoms with van der Waals surface area (Å²) >= 11 is 0. The Morgan fingerprint density at radius 2 is 2.00 bits per heavy atom. The molecule has 1 unspecified atom stereocenters. The largest absolute Gasteiger partial charge is 0.447 e. The van der Waals surface area contributed by atoms with Crippen LogP contribution in [0.25, 0.3) is 10.8 Å². The van der Waals surface area contributed by atoms with Gasteiger partial charge in [-0.1, -0.05) is 42.5 Å². The number of hydrogen-bond donors (Lipinski definition) is 2. The molecule has 2 N–H and O–H groups in total. The highest BCUT2D eigenvalue weighted by atomic mass is 16.6. The van der Waals surface area contributed by atoms with E-state index in [4.69, 9.17) is 9.84 Å². The van der Waals surface area contributed by atoms with Crippen LogP contribution in [0.15, 0.2) is 42.5 Å². The highest BCUT2D eigenvalue weighted by molar-refractivity contribution is 5.86. The fourth-order valence-electron chi connectivity index (χ4n) is 2.06. The first-order valence-electron chi connectivity index (χ1n) is 6.24. The number of amides is 1. The van der Waals surface area contributed by atoms with Gasteiger partial charge in [0.1, 0.15) is 6.61 Å². The number of alkyl carbamates (subject to hydrolysis) is 1. The van der Waals surface area contributed by atoms with E-state index in [0.29, 0.717) is 0 Å². The van der Waals surface area contributed by atoms with Crippen LogP contribution in [-0.4, -0.2) is 24.4 Å². The number of rotatable bonds is 4. The Bertz CT molecular complexity index is 563. The first-order valence-corrected chi connectivity index (χ1v) is 6.24. The summed E-state index contributed by atoms with van der Waals surface area (Å²) in [6.07, 6.45) is -0.519. The molecular weight excluding hydrogens is 242 g/mol. The lowest BCUT2D eigenvalue weighted by Gasteiger charge is -2.16. The van der Waals surface area contributed by atoms with Crippen LogP contribution in [0.4, 0.5) is 4.79 Å². The fourth-order valence-corrected chi connectivity index (χ4v) is 2.06. The number of benzene rings is 2. The summed E-state index contributed by atoms with van der Waals surface area (Å²) in [5.74, 6) is 0. The standard InChI is InChI=1S/C15H17NO3/c1-11(16-15(18)19-10-9-17)13-8-4-6-12-5-2-3-7-14(12)13/h2-8,11,17H,9-10H2,1H3,(H,16,18). The van der Waals surface area contributed by atoms with Crippen LogP contribution in [0.5, 0.6) is 0 Å². The van der Waals surface area contributed by atoms with Crippen molar-refractivity contribution >= 4 is 16.9 Å². The molecule has 2 rings (SSSR count). The Balaban J connectivity index is 2.17. The van der Waals surface area contributed by atoms with E-state index in [-0.39, 0.29) is 19.3 Å². The van der Waals surface area contributed by atoms with Gasteiger partial charge in [-0.2, -0.15) is 0 Å². The second kappa shape index (κ2) is 6.20. The van der Waals surface area contributed by atoms with E-state index in [9.17, 15) is 4.79 Å². The fraction of sp³-hybridized carbons (Fsp3) is 0.267. The topological polar surface area (TPSA) is 58.6 Å². The van der Waals surface area contributed by atoms with Gasteiger partial charge in [0.05, 0.1) is 12.6 Å². The van der Waals surface area contributed by atoms with Crippen LogP contribution in [0.2, 0.25) is 0 Å². The third kappa shape index (κ3) is 3.23.